The number of hydrogen-bond donors (Lipinski definition) is 1. The quantitative estimate of drug-likeness (QED) is 0.646. The van der Waals surface area contributed by atoms with Gasteiger partial charge in [-0.1, -0.05) is 20.8 Å². The maximum atomic E-state index is 4.52. The SMILES string of the molecule is CNc1nc(C)nc(SC(C)C(C)C)c1C. The first-order valence-corrected chi connectivity index (χ1v) is 6.53. The lowest BCUT2D eigenvalue weighted by Crippen LogP contribution is -2.08. The van der Waals surface area contributed by atoms with Gasteiger partial charge in [0.05, 0.1) is 0 Å². The molecule has 0 amide bonds. The summed E-state index contributed by atoms with van der Waals surface area (Å²) in [5, 5.41) is 4.78. The van der Waals surface area contributed by atoms with E-state index in [0.29, 0.717) is 11.2 Å². The molecule has 1 aromatic rings. The zero-order valence-corrected chi connectivity index (χ0v) is 11.8. The molecular formula is C12H21N3S. The van der Waals surface area contributed by atoms with Crippen LogP contribution in [0.3, 0.4) is 0 Å². The van der Waals surface area contributed by atoms with Crippen LogP contribution >= 0.6 is 11.8 Å². The lowest BCUT2D eigenvalue weighted by molar-refractivity contribution is 0.641. The van der Waals surface area contributed by atoms with E-state index in [4.69, 9.17) is 0 Å². The second-order valence-corrected chi connectivity index (χ2v) is 5.73. The molecule has 0 bridgehead atoms. The Morgan fingerprint density at radius 2 is 1.75 bits per heavy atom. The molecule has 1 unspecified atom stereocenters. The summed E-state index contributed by atoms with van der Waals surface area (Å²) in [6.07, 6.45) is 0. The number of aryl methyl sites for hydroxylation is 1. The topological polar surface area (TPSA) is 37.8 Å². The van der Waals surface area contributed by atoms with E-state index >= 15 is 0 Å². The van der Waals surface area contributed by atoms with Gasteiger partial charge in [0.25, 0.3) is 0 Å². The molecule has 3 nitrogen and oxygen atoms in total. The Morgan fingerprint density at radius 3 is 2.25 bits per heavy atom. The van der Waals surface area contributed by atoms with Crippen LogP contribution in [0.15, 0.2) is 5.03 Å². The molecule has 0 aliphatic heterocycles. The zero-order valence-electron chi connectivity index (χ0n) is 11.0. The van der Waals surface area contributed by atoms with E-state index in [1.807, 2.05) is 25.7 Å². The number of aromatic nitrogens is 2. The second-order valence-electron chi connectivity index (χ2n) is 4.37. The van der Waals surface area contributed by atoms with Gasteiger partial charge >= 0.3 is 0 Å². The molecule has 0 spiro atoms. The number of rotatable bonds is 4. The minimum atomic E-state index is 0.567. The summed E-state index contributed by atoms with van der Waals surface area (Å²) >= 11 is 1.83. The number of nitrogens with one attached hydrogen (secondary N) is 1. The van der Waals surface area contributed by atoms with Crippen molar-refractivity contribution in [2.75, 3.05) is 12.4 Å². The van der Waals surface area contributed by atoms with Crippen LogP contribution < -0.4 is 5.32 Å². The van der Waals surface area contributed by atoms with Crippen molar-refractivity contribution in [1.29, 1.82) is 0 Å². The molecule has 0 radical (unpaired) electrons. The van der Waals surface area contributed by atoms with E-state index in [9.17, 15) is 0 Å². The fraction of sp³-hybridized carbons (Fsp3) is 0.667. The van der Waals surface area contributed by atoms with Crippen LogP contribution in [0.2, 0.25) is 0 Å². The average Bonchev–Trinajstić information content (AvgIpc) is 2.22. The Labute approximate surface area is 102 Å². The van der Waals surface area contributed by atoms with Crippen molar-refractivity contribution in [2.24, 2.45) is 5.92 Å². The number of nitrogens with zero attached hydrogens (tertiary/aromatic N) is 2. The van der Waals surface area contributed by atoms with Crippen LogP contribution in [0.5, 0.6) is 0 Å². The molecule has 90 valence electrons. The second kappa shape index (κ2) is 5.53. The fourth-order valence-electron chi connectivity index (χ4n) is 1.27. The summed E-state index contributed by atoms with van der Waals surface area (Å²) in [7, 11) is 1.90. The predicted molar refractivity (Wildman–Crippen MR) is 71.2 cm³/mol. The van der Waals surface area contributed by atoms with Gasteiger partial charge in [-0.2, -0.15) is 0 Å². The standard InChI is InChI=1S/C12H21N3S/c1-7(2)9(4)16-12-8(3)11(13-6)14-10(5)15-12/h7,9H,1-6H3,(H,13,14,15). The van der Waals surface area contributed by atoms with Crippen molar-refractivity contribution in [3.05, 3.63) is 11.4 Å². The highest BCUT2D eigenvalue weighted by molar-refractivity contribution is 7.99. The van der Waals surface area contributed by atoms with Crippen molar-refractivity contribution in [3.63, 3.8) is 0 Å². The molecule has 0 saturated carbocycles. The molecule has 1 atom stereocenters. The van der Waals surface area contributed by atoms with Crippen LogP contribution in [0.1, 0.15) is 32.2 Å². The van der Waals surface area contributed by atoms with Crippen molar-refractivity contribution >= 4 is 17.6 Å². The minimum Gasteiger partial charge on any atom is -0.373 e. The first-order valence-electron chi connectivity index (χ1n) is 5.65. The highest BCUT2D eigenvalue weighted by Crippen LogP contribution is 2.30. The third-order valence-electron chi connectivity index (χ3n) is 2.69. The summed E-state index contributed by atoms with van der Waals surface area (Å²) in [6, 6.07) is 0. The molecular weight excluding hydrogens is 218 g/mol. The van der Waals surface area contributed by atoms with Crippen molar-refractivity contribution < 1.29 is 0 Å². The molecule has 1 rings (SSSR count). The Hall–Kier alpha value is -0.770. The summed E-state index contributed by atoms with van der Waals surface area (Å²) < 4.78 is 0. The van der Waals surface area contributed by atoms with Gasteiger partial charge in [-0.25, -0.2) is 9.97 Å². The van der Waals surface area contributed by atoms with E-state index in [-0.39, 0.29) is 0 Å². The van der Waals surface area contributed by atoms with Crippen LogP contribution in [0.4, 0.5) is 5.82 Å². The van der Waals surface area contributed by atoms with E-state index in [2.05, 4.69) is 43.0 Å². The van der Waals surface area contributed by atoms with Gasteiger partial charge in [0.15, 0.2) is 0 Å². The Balaban J connectivity index is 2.99. The van der Waals surface area contributed by atoms with E-state index in [0.717, 1.165) is 22.2 Å². The maximum Gasteiger partial charge on any atom is 0.133 e. The lowest BCUT2D eigenvalue weighted by Gasteiger charge is -2.17. The van der Waals surface area contributed by atoms with Gasteiger partial charge in [-0.3, -0.25) is 0 Å². The van der Waals surface area contributed by atoms with Crippen LogP contribution in [0, 0.1) is 19.8 Å². The Kier molecular flexibility index (Phi) is 4.59. The normalized spacial score (nSPS) is 12.9. The van der Waals surface area contributed by atoms with Gasteiger partial charge in [-0.05, 0) is 19.8 Å². The monoisotopic (exact) mass is 239 g/mol. The Bertz CT molecular complexity index is 364. The van der Waals surface area contributed by atoms with E-state index in [1.165, 1.54) is 0 Å². The Morgan fingerprint density at radius 1 is 1.12 bits per heavy atom. The van der Waals surface area contributed by atoms with Gasteiger partial charge in [0, 0.05) is 17.9 Å². The molecule has 16 heavy (non-hydrogen) atoms. The average molecular weight is 239 g/mol. The number of anilines is 1. The molecule has 0 aliphatic rings. The smallest absolute Gasteiger partial charge is 0.133 e. The summed E-state index contributed by atoms with van der Waals surface area (Å²) in [5.41, 5.74) is 1.14. The van der Waals surface area contributed by atoms with Crippen molar-refractivity contribution in [1.82, 2.24) is 9.97 Å². The molecule has 0 saturated heterocycles. The van der Waals surface area contributed by atoms with Crippen LogP contribution in [0.25, 0.3) is 0 Å². The molecule has 4 heteroatoms. The molecule has 1 aromatic heterocycles. The van der Waals surface area contributed by atoms with Crippen LogP contribution in [-0.4, -0.2) is 22.3 Å². The molecule has 0 aliphatic carbocycles. The first-order chi connectivity index (χ1) is 7.45. The summed E-state index contributed by atoms with van der Waals surface area (Å²) in [5.74, 6) is 2.41. The molecule has 1 N–H and O–H groups in total. The molecule has 1 heterocycles. The van der Waals surface area contributed by atoms with Gasteiger partial charge in [0.1, 0.15) is 16.7 Å². The van der Waals surface area contributed by atoms with Crippen LogP contribution in [-0.2, 0) is 0 Å². The third-order valence-corrected chi connectivity index (χ3v) is 4.22. The van der Waals surface area contributed by atoms with E-state index < -0.39 is 0 Å². The summed E-state index contributed by atoms with van der Waals surface area (Å²) in [4.78, 5) is 8.88. The van der Waals surface area contributed by atoms with Gasteiger partial charge in [-0.15, -0.1) is 11.8 Å². The maximum absolute atomic E-state index is 4.52. The van der Waals surface area contributed by atoms with Crippen molar-refractivity contribution in [2.45, 2.75) is 44.9 Å². The molecule has 0 aromatic carbocycles. The summed E-state index contributed by atoms with van der Waals surface area (Å²) in [6.45, 7) is 10.7. The highest BCUT2D eigenvalue weighted by Gasteiger charge is 2.14. The number of hydrogen-bond acceptors (Lipinski definition) is 4. The minimum absolute atomic E-state index is 0.567. The predicted octanol–water partition coefficient (Wildman–Crippen LogP) is 3.27. The lowest BCUT2D eigenvalue weighted by atomic mass is 10.2. The van der Waals surface area contributed by atoms with Gasteiger partial charge in [0.2, 0.25) is 0 Å². The number of thioether (sulfide) groups is 1. The third kappa shape index (κ3) is 3.11. The van der Waals surface area contributed by atoms with Crippen molar-refractivity contribution in [3.8, 4) is 0 Å². The molecule has 0 fully saturated rings. The first kappa shape index (κ1) is 13.3. The fourth-order valence-corrected chi connectivity index (χ4v) is 2.36. The van der Waals surface area contributed by atoms with E-state index in [1.54, 1.807) is 0 Å². The van der Waals surface area contributed by atoms with Gasteiger partial charge < -0.3 is 5.32 Å². The largest absolute Gasteiger partial charge is 0.373 e. The highest BCUT2D eigenvalue weighted by atomic mass is 32.2. The zero-order chi connectivity index (χ0) is 12.3.